The fourth-order valence-corrected chi connectivity index (χ4v) is 3.81. The summed E-state index contributed by atoms with van der Waals surface area (Å²) in [6.45, 7) is 0.176. The number of amides is 2. The van der Waals surface area contributed by atoms with Crippen LogP contribution in [-0.4, -0.2) is 44.6 Å². The number of benzene rings is 3. The molecule has 1 aliphatic heterocycles. The van der Waals surface area contributed by atoms with Gasteiger partial charge in [0, 0.05) is 29.4 Å². The molecule has 1 heterocycles. The molecular formula is C25H24F2N4O3. The van der Waals surface area contributed by atoms with E-state index in [0.717, 1.165) is 0 Å². The van der Waals surface area contributed by atoms with Crippen LogP contribution in [0.5, 0.6) is 11.5 Å². The molecule has 34 heavy (non-hydrogen) atoms. The number of para-hydroxylation sites is 1. The van der Waals surface area contributed by atoms with E-state index in [9.17, 15) is 9.18 Å². The molecule has 0 unspecified atom stereocenters. The van der Waals surface area contributed by atoms with E-state index in [1.807, 2.05) is 0 Å². The Morgan fingerprint density at radius 1 is 1.06 bits per heavy atom. The zero-order valence-corrected chi connectivity index (χ0v) is 19.0. The lowest BCUT2D eigenvalue weighted by Gasteiger charge is -2.16. The first kappa shape index (κ1) is 23.0. The fourth-order valence-electron chi connectivity index (χ4n) is 3.81. The number of methoxy groups -OCH3 is 2. The summed E-state index contributed by atoms with van der Waals surface area (Å²) >= 11 is 0. The predicted octanol–water partition coefficient (Wildman–Crippen LogP) is 4.68. The lowest BCUT2D eigenvalue weighted by molar-refractivity contribution is 0.203. The third-order valence-electron chi connectivity index (χ3n) is 5.52. The molecule has 176 valence electrons. The highest BCUT2D eigenvalue weighted by Crippen LogP contribution is 2.37. The molecule has 0 saturated heterocycles. The Kier molecular flexibility index (Phi) is 6.62. The SMILES string of the molecule is CNC(=O)N1CCc2c(cc(OC)c(OC)c2F)C(c2ccc(Nc3ccccc3F)cc2)=N1. The van der Waals surface area contributed by atoms with Crippen LogP contribution < -0.4 is 20.1 Å². The quantitative estimate of drug-likeness (QED) is 0.573. The minimum absolute atomic E-state index is 0.00145. The topological polar surface area (TPSA) is 75.2 Å². The summed E-state index contributed by atoms with van der Waals surface area (Å²) in [4.78, 5) is 12.4. The van der Waals surface area contributed by atoms with Crippen molar-refractivity contribution < 1.29 is 23.0 Å². The molecule has 0 radical (unpaired) electrons. The molecule has 2 amide bonds. The first-order chi connectivity index (χ1) is 16.5. The highest BCUT2D eigenvalue weighted by Gasteiger charge is 2.28. The largest absolute Gasteiger partial charge is 0.493 e. The maximum absolute atomic E-state index is 15.4. The molecule has 1 aliphatic rings. The van der Waals surface area contributed by atoms with Gasteiger partial charge in [0.25, 0.3) is 0 Å². The van der Waals surface area contributed by atoms with Gasteiger partial charge in [-0.3, -0.25) is 0 Å². The van der Waals surface area contributed by atoms with Crippen molar-refractivity contribution in [3.63, 3.8) is 0 Å². The van der Waals surface area contributed by atoms with Gasteiger partial charge in [-0.1, -0.05) is 24.3 Å². The number of carbonyl (C=O) groups excluding carboxylic acids is 1. The van der Waals surface area contributed by atoms with Crippen LogP contribution in [0.15, 0.2) is 59.7 Å². The Balaban J connectivity index is 1.79. The van der Waals surface area contributed by atoms with E-state index in [4.69, 9.17) is 9.47 Å². The van der Waals surface area contributed by atoms with Crippen molar-refractivity contribution in [1.29, 1.82) is 0 Å². The number of hydrogen-bond acceptors (Lipinski definition) is 5. The number of hydrazone groups is 1. The molecule has 0 fully saturated rings. The number of halogens is 2. The van der Waals surface area contributed by atoms with E-state index in [1.54, 1.807) is 48.5 Å². The van der Waals surface area contributed by atoms with Gasteiger partial charge in [-0.05, 0) is 36.8 Å². The molecule has 2 N–H and O–H groups in total. The van der Waals surface area contributed by atoms with E-state index in [-0.39, 0.29) is 30.3 Å². The second-order valence-electron chi connectivity index (χ2n) is 7.51. The van der Waals surface area contributed by atoms with Gasteiger partial charge in [0.15, 0.2) is 17.3 Å². The molecule has 0 bridgehead atoms. The molecule has 0 spiro atoms. The van der Waals surface area contributed by atoms with Gasteiger partial charge in [0.1, 0.15) is 5.82 Å². The average Bonchev–Trinajstić information content (AvgIpc) is 3.05. The maximum atomic E-state index is 15.4. The number of fused-ring (bicyclic) bond motifs is 1. The first-order valence-electron chi connectivity index (χ1n) is 10.6. The van der Waals surface area contributed by atoms with Gasteiger partial charge in [-0.15, -0.1) is 0 Å². The number of urea groups is 1. The number of carbonyl (C=O) groups is 1. The Bertz CT molecular complexity index is 1250. The lowest BCUT2D eigenvalue weighted by Crippen LogP contribution is -2.35. The van der Waals surface area contributed by atoms with Crippen LogP contribution in [0.3, 0.4) is 0 Å². The van der Waals surface area contributed by atoms with E-state index in [1.165, 1.54) is 32.3 Å². The molecule has 4 rings (SSSR count). The third kappa shape index (κ3) is 4.36. The molecule has 0 aliphatic carbocycles. The van der Waals surface area contributed by atoms with Crippen molar-refractivity contribution in [2.45, 2.75) is 6.42 Å². The minimum atomic E-state index is -0.554. The van der Waals surface area contributed by atoms with E-state index in [0.29, 0.717) is 33.8 Å². The molecule has 7 nitrogen and oxygen atoms in total. The van der Waals surface area contributed by atoms with Crippen molar-refractivity contribution in [3.05, 3.63) is 82.9 Å². The monoisotopic (exact) mass is 466 g/mol. The lowest BCUT2D eigenvalue weighted by atomic mass is 9.94. The summed E-state index contributed by atoms with van der Waals surface area (Å²) < 4.78 is 40.0. The Labute approximate surface area is 196 Å². The van der Waals surface area contributed by atoms with Crippen molar-refractivity contribution in [3.8, 4) is 11.5 Å². The maximum Gasteiger partial charge on any atom is 0.337 e. The summed E-state index contributed by atoms with van der Waals surface area (Å²) in [7, 11) is 4.31. The van der Waals surface area contributed by atoms with Crippen LogP contribution in [0.25, 0.3) is 0 Å². The Hall–Kier alpha value is -4.14. The zero-order valence-electron chi connectivity index (χ0n) is 19.0. The van der Waals surface area contributed by atoms with Gasteiger partial charge in [-0.25, -0.2) is 18.6 Å². The number of ether oxygens (including phenoxy) is 2. The molecule has 0 saturated carbocycles. The van der Waals surface area contributed by atoms with Gasteiger partial charge in [0.05, 0.1) is 32.2 Å². The standard InChI is InChI=1S/C25H24F2N4O3/c1-28-25(32)31-13-12-17-18(14-21(33-2)24(34-3)22(17)27)23(30-31)15-8-10-16(11-9-15)29-20-7-5-4-6-19(20)26/h4-11,14,29H,12-13H2,1-3H3,(H,28,32). The number of nitrogens with zero attached hydrogens (tertiary/aromatic N) is 2. The highest BCUT2D eigenvalue weighted by atomic mass is 19.1. The van der Waals surface area contributed by atoms with E-state index >= 15 is 4.39 Å². The second kappa shape index (κ2) is 9.78. The van der Waals surface area contributed by atoms with Crippen molar-refractivity contribution in [2.75, 3.05) is 33.1 Å². The average molecular weight is 466 g/mol. The molecule has 3 aromatic carbocycles. The minimum Gasteiger partial charge on any atom is -0.493 e. The second-order valence-corrected chi connectivity index (χ2v) is 7.51. The van der Waals surface area contributed by atoms with Crippen molar-refractivity contribution in [2.24, 2.45) is 5.10 Å². The normalized spacial score (nSPS) is 12.9. The van der Waals surface area contributed by atoms with E-state index in [2.05, 4.69) is 15.7 Å². The van der Waals surface area contributed by atoms with Gasteiger partial charge in [-0.2, -0.15) is 5.10 Å². The number of rotatable bonds is 5. The number of nitrogens with one attached hydrogen (secondary N) is 2. The number of anilines is 2. The zero-order chi connectivity index (χ0) is 24.2. The van der Waals surface area contributed by atoms with Crippen LogP contribution in [0.2, 0.25) is 0 Å². The van der Waals surface area contributed by atoms with Crippen LogP contribution >= 0.6 is 0 Å². The van der Waals surface area contributed by atoms with Crippen LogP contribution in [0, 0.1) is 11.6 Å². The van der Waals surface area contributed by atoms with E-state index < -0.39 is 11.8 Å². The van der Waals surface area contributed by atoms with Crippen LogP contribution in [0.4, 0.5) is 25.0 Å². The van der Waals surface area contributed by atoms with Gasteiger partial charge < -0.3 is 20.1 Å². The van der Waals surface area contributed by atoms with Gasteiger partial charge >= 0.3 is 6.03 Å². The Morgan fingerprint density at radius 3 is 2.44 bits per heavy atom. The number of hydrogen-bond donors (Lipinski definition) is 2. The summed E-state index contributed by atoms with van der Waals surface area (Å²) in [6, 6.07) is 14.7. The summed E-state index contributed by atoms with van der Waals surface area (Å²) in [5.41, 5.74) is 2.91. The highest BCUT2D eigenvalue weighted by molar-refractivity contribution is 6.14. The summed E-state index contributed by atoms with van der Waals surface area (Å²) in [6.07, 6.45) is 0.231. The molecule has 0 atom stereocenters. The fraction of sp³-hybridized carbons (Fsp3) is 0.200. The predicted molar refractivity (Wildman–Crippen MR) is 126 cm³/mol. The Morgan fingerprint density at radius 2 is 1.79 bits per heavy atom. The molecular weight excluding hydrogens is 442 g/mol. The molecule has 0 aromatic heterocycles. The van der Waals surface area contributed by atoms with Gasteiger partial charge in [0.2, 0.25) is 0 Å². The summed E-state index contributed by atoms with van der Waals surface area (Å²) in [5.74, 6) is -0.705. The third-order valence-corrected chi connectivity index (χ3v) is 5.52. The van der Waals surface area contributed by atoms with Crippen molar-refractivity contribution in [1.82, 2.24) is 10.3 Å². The van der Waals surface area contributed by atoms with Crippen LogP contribution in [-0.2, 0) is 6.42 Å². The van der Waals surface area contributed by atoms with Crippen LogP contribution in [0.1, 0.15) is 16.7 Å². The smallest absolute Gasteiger partial charge is 0.337 e. The molecule has 3 aromatic rings. The van der Waals surface area contributed by atoms with Crippen molar-refractivity contribution >= 4 is 23.1 Å². The summed E-state index contributed by atoms with van der Waals surface area (Å²) in [5, 5.41) is 11.4. The first-order valence-corrected chi connectivity index (χ1v) is 10.6. The molecule has 9 heteroatoms.